The van der Waals surface area contributed by atoms with E-state index in [9.17, 15) is 25.5 Å². The maximum atomic E-state index is 12.3. The quantitative estimate of drug-likeness (QED) is 0.417. The van der Waals surface area contributed by atoms with E-state index in [1.165, 1.54) is 0 Å². The van der Waals surface area contributed by atoms with Gasteiger partial charge < -0.3 is 30.3 Å². The van der Waals surface area contributed by atoms with Crippen LogP contribution in [0.5, 0.6) is 0 Å². The van der Waals surface area contributed by atoms with Crippen molar-refractivity contribution >= 4 is 0 Å². The Balaban J connectivity index is 1.67. The maximum absolute atomic E-state index is 12.3. The summed E-state index contributed by atoms with van der Waals surface area (Å²) in [7, 11) is 1.57. The van der Waals surface area contributed by atoms with Crippen LogP contribution in [0.4, 0.5) is 0 Å². The van der Waals surface area contributed by atoms with Crippen molar-refractivity contribution in [2.24, 2.45) is 28.6 Å². The molecule has 5 N–H and O–H groups in total. The summed E-state index contributed by atoms with van der Waals surface area (Å²) < 4.78 is 5.66. The molecule has 1 saturated heterocycles. The van der Waals surface area contributed by atoms with Gasteiger partial charge in [-0.2, -0.15) is 0 Å². The minimum absolute atomic E-state index is 0.00662. The predicted octanol–water partition coefficient (Wildman–Crippen LogP) is -0.520. The van der Waals surface area contributed by atoms with Crippen LogP contribution in [0.1, 0.15) is 46.0 Å². The molecule has 0 radical (unpaired) electrons. The molecule has 1 aliphatic heterocycles. The van der Waals surface area contributed by atoms with Crippen LogP contribution >= 0.6 is 0 Å². The number of aliphatic hydroxyl groups is 5. The Kier molecular flexibility index (Phi) is 3.48. The van der Waals surface area contributed by atoms with Crippen molar-refractivity contribution in [3.8, 4) is 0 Å². The van der Waals surface area contributed by atoms with E-state index in [1.807, 2.05) is 0 Å². The SMILES string of the molecule is CCN1C[C@]2(C)CC[C@H](O)[C@]34C1[C@](O)(C[C@H]23)[C@@]1(O)C[C@H](OC)[C@H]2C[C@@H]4[C@]1(O)[C@H]2O. The van der Waals surface area contributed by atoms with Gasteiger partial charge in [-0.1, -0.05) is 13.8 Å². The summed E-state index contributed by atoms with van der Waals surface area (Å²) in [6.07, 6.45) is 0.207. The third-order valence-electron chi connectivity index (χ3n) is 10.9. The van der Waals surface area contributed by atoms with Crippen LogP contribution in [0.3, 0.4) is 0 Å². The van der Waals surface area contributed by atoms with Gasteiger partial charge >= 0.3 is 0 Å². The molecule has 0 amide bonds. The highest BCUT2D eigenvalue weighted by Gasteiger charge is 2.91. The zero-order valence-electron chi connectivity index (χ0n) is 17.6. The van der Waals surface area contributed by atoms with E-state index in [0.717, 1.165) is 13.0 Å². The molecule has 0 aromatic carbocycles. The number of likely N-dealkylation sites (N-methyl/N-ethyl adjacent to an activating group) is 1. The first-order chi connectivity index (χ1) is 13.6. The molecule has 1 heterocycles. The molecule has 5 aliphatic carbocycles. The molecule has 1 unspecified atom stereocenters. The fraction of sp³-hybridized carbons (Fsp3) is 1.00. The summed E-state index contributed by atoms with van der Waals surface area (Å²) in [5.41, 5.74) is -6.12. The topological polar surface area (TPSA) is 114 Å². The molecule has 0 aromatic heterocycles. The lowest BCUT2D eigenvalue weighted by Crippen LogP contribution is -2.87. The molecule has 1 spiro atoms. The van der Waals surface area contributed by atoms with Crippen LogP contribution < -0.4 is 0 Å². The van der Waals surface area contributed by atoms with Gasteiger partial charge in [-0.3, -0.25) is 4.90 Å². The number of hydrogen-bond acceptors (Lipinski definition) is 7. The Morgan fingerprint density at radius 2 is 1.83 bits per heavy atom. The van der Waals surface area contributed by atoms with Gasteiger partial charge in [0.15, 0.2) is 0 Å². The van der Waals surface area contributed by atoms with Gasteiger partial charge in [0.25, 0.3) is 0 Å². The minimum Gasteiger partial charge on any atom is -0.392 e. The first kappa shape index (κ1) is 19.4. The van der Waals surface area contributed by atoms with Gasteiger partial charge in [0, 0.05) is 37.3 Å². The number of aliphatic hydroxyl groups excluding tert-OH is 2. The Hall–Kier alpha value is -0.280. The van der Waals surface area contributed by atoms with Crippen LogP contribution in [0, 0.1) is 28.6 Å². The van der Waals surface area contributed by atoms with E-state index in [0.29, 0.717) is 25.8 Å². The van der Waals surface area contributed by atoms with Crippen molar-refractivity contribution in [3.05, 3.63) is 0 Å². The lowest BCUT2D eigenvalue weighted by molar-refractivity contribution is -0.364. The van der Waals surface area contributed by atoms with Gasteiger partial charge in [0.05, 0.1) is 24.4 Å². The van der Waals surface area contributed by atoms with Gasteiger partial charge in [-0.05, 0) is 43.6 Å². The lowest BCUT2D eigenvalue weighted by Gasteiger charge is -2.71. The van der Waals surface area contributed by atoms with Crippen molar-refractivity contribution in [1.82, 2.24) is 4.90 Å². The molecular formula is C22H35NO6. The zero-order valence-corrected chi connectivity index (χ0v) is 17.6. The second-order valence-electron chi connectivity index (χ2n) is 11.4. The van der Waals surface area contributed by atoms with Crippen LogP contribution in [0.25, 0.3) is 0 Å². The van der Waals surface area contributed by atoms with Gasteiger partial charge in [-0.25, -0.2) is 0 Å². The van der Waals surface area contributed by atoms with E-state index < -0.39 is 52.5 Å². The molecule has 6 fully saturated rings. The summed E-state index contributed by atoms with van der Waals surface area (Å²) in [6.45, 7) is 5.86. The molecule has 6 rings (SSSR count). The first-order valence-corrected chi connectivity index (χ1v) is 11.4. The van der Waals surface area contributed by atoms with Crippen molar-refractivity contribution in [2.45, 2.75) is 87.1 Å². The van der Waals surface area contributed by atoms with Gasteiger partial charge in [0.1, 0.15) is 16.8 Å². The molecule has 6 aliphatic rings. The number of rotatable bonds is 2. The van der Waals surface area contributed by atoms with E-state index in [4.69, 9.17) is 4.74 Å². The number of nitrogens with zero attached hydrogens (tertiary/aromatic N) is 1. The molecule has 12 atom stereocenters. The third-order valence-corrected chi connectivity index (χ3v) is 10.9. The standard InChI is InChI=1S/C22H35NO6/c1-4-23-10-18(2)6-5-15(24)21-13-7-11-12(29-3)8-20(27,22(13,28)16(11)25)19(26,17(21)23)9-14(18)21/h11-17,24-28H,4-10H2,1-3H3/t11-,12+,13+,14-,15+,16+,17?,18+,19-,20+,21-,22+/m1/s1. The van der Waals surface area contributed by atoms with E-state index >= 15 is 0 Å². The molecule has 5 saturated carbocycles. The summed E-state index contributed by atoms with van der Waals surface area (Å²) in [6, 6.07) is -0.426. The monoisotopic (exact) mass is 409 g/mol. The van der Waals surface area contributed by atoms with Crippen LogP contribution in [-0.2, 0) is 4.74 Å². The summed E-state index contributed by atoms with van der Waals surface area (Å²) in [5.74, 6) is -0.766. The van der Waals surface area contributed by atoms with Crippen LogP contribution in [-0.4, -0.2) is 91.8 Å². The normalized spacial score (nSPS) is 67.7. The van der Waals surface area contributed by atoms with Crippen LogP contribution in [0.2, 0.25) is 0 Å². The highest BCUT2D eigenvalue weighted by Crippen LogP contribution is 2.80. The molecular weight excluding hydrogens is 374 g/mol. The minimum atomic E-state index is -1.87. The highest BCUT2D eigenvalue weighted by atomic mass is 16.5. The average Bonchev–Trinajstić information content (AvgIpc) is 3.04. The maximum Gasteiger partial charge on any atom is 0.129 e. The number of fused-ring (bicyclic) bond motifs is 2. The molecule has 7 heteroatoms. The van der Waals surface area contributed by atoms with Crippen molar-refractivity contribution in [1.29, 1.82) is 0 Å². The van der Waals surface area contributed by atoms with Crippen molar-refractivity contribution in [3.63, 3.8) is 0 Å². The highest BCUT2D eigenvalue weighted by molar-refractivity contribution is 5.42. The number of hydrogen-bond donors (Lipinski definition) is 5. The second-order valence-corrected chi connectivity index (χ2v) is 11.4. The zero-order chi connectivity index (χ0) is 20.8. The Labute approximate surface area is 171 Å². The van der Waals surface area contributed by atoms with Gasteiger partial charge in [0.2, 0.25) is 0 Å². The number of likely N-dealkylation sites (tertiary alicyclic amines) is 1. The molecule has 29 heavy (non-hydrogen) atoms. The van der Waals surface area contributed by atoms with Crippen LogP contribution in [0.15, 0.2) is 0 Å². The van der Waals surface area contributed by atoms with Crippen molar-refractivity contribution < 1.29 is 30.3 Å². The predicted molar refractivity (Wildman–Crippen MR) is 103 cm³/mol. The molecule has 0 aromatic rings. The fourth-order valence-corrected chi connectivity index (χ4v) is 10.1. The summed E-state index contributed by atoms with van der Waals surface area (Å²) in [5, 5.41) is 59.4. The molecule has 7 bridgehead atoms. The van der Waals surface area contributed by atoms with E-state index in [-0.39, 0.29) is 23.7 Å². The Bertz CT molecular complexity index is 766. The molecule has 164 valence electrons. The molecule has 7 nitrogen and oxygen atoms in total. The second kappa shape index (κ2) is 5.20. The lowest BCUT2D eigenvalue weighted by atomic mass is 9.41. The summed E-state index contributed by atoms with van der Waals surface area (Å²) in [4.78, 5) is 2.25. The Morgan fingerprint density at radius 1 is 1.10 bits per heavy atom. The number of piperidine rings is 1. The van der Waals surface area contributed by atoms with Gasteiger partial charge in [-0.15, -0.1) is 0 Å². The number of ether oxygens (including phenoxy) is 1. The van der Waals surface area contributed by atoms with E-state index in [1.54, 1.807) is 7.11 Å². The van der Waals surface area contributed by atoms with Crippen molar-refractivity contribution in [2.75, 3.05) is 20.2 Å². The van der Waals surface area contributed by atoms with E-state index in [2.05, 4.69) is 18.7 Å². The Morgan fingerprint density at radius 3 is 2.48 bits per heavy atom. The summed E-state index contributed by atoms with van der Waals surface area (Å²) >= 11 is 0. The largest absolute Gasteiger partial charge is 0.392 e. The first-order valence-electron chi connectivity index (χ1n) is 11.4. The smallest absolute Gasteiger partial charge is 0.129 e. The number of methoxy groups -OCH3 is 1. The third kappa shape index (κ3) is 1.61. The fourth-order valence-electron chi connectivity index (χ4n) is 10.1. The average molecular weight is 410 g/mol.